The average Bonchev–Trinajstić information content (AvgIpc) is 3.28. The highest BCUT2D eigenvalue weighted by atomic mass is 16.5. The van der Waals surface area contributed by atoms with Crippen LogP contribution in [-0.4, -0.2) is 36.5 Å². The molecule has 8 heteroatoms. The van der Waals surface area contributed by atoms with E-state index in [1.165, 1.54) is 0 Å². The molecule has 33 heavy (non-hydrogen) atoms. The topological polar surface area (TPSA) is 110 Å². The number of H-pyrrole nitrogens is 1. The molecular formula is C25H21N3O5. The zero-order valence-corrected chi connectivity index (χ0v) is 17.8. The number of esters is 1. The lowest BCUT2D eigenvalue weighted by molar-refractivity contribution is -0.119. The molecule has 2 amide bonds. The molecule has 0 radical (unpaired) electrons. The van der Waals surface area contributed by atoms with Gasteiger partial charge in [-0.15, -0.1) is 0 Å². The first-order chi connectivity index (χ1) is 16.0. The minimum atomic E-state index is -0.590. The van der Waals surface area contributed by atoms with Gasteiger partial charge in [0, 0.05) is 34.0 Å². The number of hydrogen-bond donors (Lipinski definition) is 3. The van der Waals surface area contributed by atoms with Crippen molar-refractivity contribution < 1.29 is 23.9 Å². The van der Waals surface area contributed by atoms with Crippen molar-refractivity contribution in [1.29, 1.82) is 0 Å². The molecule has 0 saturated carbocycles. The number of fused-ring (bicyclic) bond motifs is 1. The molecular weight excluding hydrogens is 422 g/mol. The molecule has 0 fully saturated rings. The smallest absolute Gasteiger partial charge is 0.340 e. The molecule has 0 aliphatic carbocycles. The molecule has 8 nitrogen and oxygen atoms in total. The van der Waals surface area contributed by atoms with Crippen LogP contribution in [0.5, 0.6) is 5.75 Å². The first-order valence-corrected chi connectivity index (χ1v) is 10.1. The number of rotatable bonds is 7. The summed E-state index contributed by atoms with van der Waals surface area (Å²) in [6.07, 6.45) is 1.56. The van der Waals surface area contributed by atoms with Crippen molar-refractivity contribution in [3.63, 3.8) is 0 Å². The maximum absolute atomic E-state index is 12.4. The fourth-order valence-corrected chi connectivity index (χ4v) is 3.23. The molecule has 0 bridgehead atoms. The van der Waals surface area contributed by atoms with E-state index in [2.05, 4.69) is 15.6 Å². The van der Waals surface area contributed by atoms with Gasteiger partial charge in [-0.25, -0.2) is 4.79 Å². The standard InChI is InChI=1S/C25H21N3O5/c1-32-19-12-10-18(11-13-19)28-24(30)16-6-8-17(9-7-16)27-23(29)15-33-25(31)21-14-26-22-5-3-2-4-20(21)22/h2-14,26H,15H2,1H3,(H,27,29)(H,28,30). The summed E-state index contributed by atoms with van der Waals surface area (Å²) in [6, 6.07) is 20.7. The second kappa shape index (κ2) is 9.69. The maximum atomic E-state index is 12.4. The van der Waals surface area contributed by atoms with Gasteiger partial charge in [-0.2, -0.15) is 0 Å². The quantitative estimate of drug-likeness (QED) is 0.371. The second-order valence-electron chi connectivity index (χ2n) is 7.13. The van der Waals surface area contributed by atoms with Crippen LogP contribution in [-0.2, 0) is 9.53 Å². The highest BCUT2D eigenvalue weighted by Crippen LogP contribution is 2.19. The number of anilines is 2. The van der Waals surface area contributed by atoms with Crippen molar-refractivity contribution in [2.45, 2.75) is 0 Å². The number of aromatic nitrogens is 1. The average molecular weight is 443 g/mol. The summed E-state index contributed by atoms with van der Waals surface area (Å²) in [4.78, 5) is 39.9. The maximum Gasteiger partial charge on any atom is 0.340 e. The number of nitrogens with one attached hydrogen (secondary N) is 3. The van der Waals surface area contributed by atoms with Gasteiger partial charge in [-0.3, -0.25) is 9.59 Å². The van der Waals surface area contributed by atoms with E-state index in [-0.39, 0.29) is 5.91 Å². The summed E-state index contributed by atoms with van der Waals surface area (Å²) < 4.78 is 10.2. The number of hydrogen-bond acceptors (Lipinski definition) is 5. The van der Waals surface area contributed by atoms with Gasteiger partial charge < -0.3 is 25.1 Å². The number of amides is 2. The zero-order valence-electron chi connectivity index (χ0n) is 17.8. The van der Waals surface area contributed by atoms with Gasteiger partial charge in [-0.05, 0) is 54.6 Å². The largest absolute Gasteiger partial charge is 0.497 e. The Balaban J connectivity index is 1.29. The molecule has 0 atom stereocenters. The van der Waals surface area contributed by atoms with E-state index in [0.29, 0.717) is 28.3 Å². The van der Waals surface area contributed by atoms with Crippen LogP contribution in [0.15, 0.2) is 79.0 Å². The van der Waals surface area contributed by atoms with E-state index < -0.39 is 18.5 Å². The van der Waals surface area contributed by atoms with Gasteiger partial charge in [0.25, 0.3) is 11.8 Å². The Labute approximate surface area is 189 Å². The van der Waals surface area contributed by atoms with Crippen molar-refractivity contribution in [3.8, 4) is 5.75 Å². The molecule has 0 aliphatic heterocycles. The van der Waals surface area contributed by atoms with E-state index in [9.17, 15) is 14.4 Å². The Morgan fingerprint density at radius 2 is 1.52 bits per heavy atom. The summed E-state index contributed by atoms with van der Waals surface area (Å²) in [5.74, 6) is -0.669. The highest BCUT2D eigenvalue weighted by molar-refractivity contribution is 6.06. The van der Waals surface area contributed by atoms with Gasteiger partial charge >= 0.3 is 5.97 Å². The van der Waals surface area contributed by atoms with Crippen LogP contribution in [0.1, 0.15) is 20.7 Å². The SMILES string of the molecule is COc1ccc(NC(=O)c2ccc(NC(=O)COC(=O)c3c[nH]c4ccccc34)cc2)cc1. The molecule has 4 aromatic rings. The minimum Gasteiger partial charge on any atom is -0.497 e. The molecule has 0 spiro atoms. The van der Waals surface area contributed by atoms with Crippen molar-refractivity contribution in [3.05, 3.63) is 90.1 Å². The second-order valence-corrected chi connectivity index (χ2v) is 7.13. The molecule has 0 unspecified atom stereocenters. The highest BCUT2D eigenvalue weighted by Gasteiger charge is 2.15. The van der Waals surface area contributed by atoms with Crippen LogP contribution in [0.3, 0.4) is 0 Å². The molecule has 4 rings (SSSR count). The molecule has 1 heterocycles. The third-order valence-corrected chi connectivity index (χ3v) is 4.92. The summed E-state index contributed by atoms with van der Waals surface area (Å²) in [5.41, 5.74) is 2.71. The van der Waals surface area contributed by atoms with Crippen LogP contribution in [0.2, 0.25) is 0 Å². The first-order valence-electron chi connectivity index (χ1n) is 10.1. The fourth-order valence-electron chi connectivity index (χ4n) is 3.23. The van der Waals surface area contributed by atoms with Crippen molar-refractivity contribution in [2.24, 2.45) is 0 Å². The van der Waals surface area contributed by atoms with Crippen LogP contribution < -0.4 is 15.4 Å². The van der Waals surface area contributed by atoms with Crippen molar-refractivity contribution in [1.82, 2.24) is 4.98 Å². The van der Waals surface area contributed by atoms with Crippen LogP contribution in [0.4, 0.5) is 11.4 Å². The normalized spacial score (nSPS) is 10.5. The molecule has 3 N–H and O–H groups in total. The minimum absolute atomic E-state index is 0.286. The van der Waals surface area contributed by atoms with Crippen LogP contribution in [0, 0.1) is 0 Å². The summed E-state index contributed by atoms with van der Waals surface area (Å²) in [5, 5.41) is 6.15. The van der Waals surface area contributed by atoms with Gasteiger partial charge in [0.15, 0.2) is 6.61 Å². The van der Waals surface area contributed by atoms with E-state index in [4.69, 9.17) is 9.47 Å². The lowest BCUT2D eigenvalue weighted by Gasteiger charge is -2.08. The Kier molecular flexibility index (Phi) is 6.36. The number of benzene rings is 3. The number of carbonyl (C=O) groups excluding carboxylic acids is 3. The van der Waals surface area contributed by atoms with E-state index in [1.54, 1.807) is 67.9 Å². The third kappa shape index (κ3) is 5.19. The summed E-state index contributed by atoms with van der Waals surface area (Å²) in [6.45, 7) is -0.432. The molecule has 0 saturated heterocycles. The Morgan fingerprint density at radius 3 is 2.24 bits per heavy atom. The zero-order chi connectivity index (χ0) is 23.2. The van der Waals surface area contributed by atoms with Crippen molar-refractivity contribution >= 4 is 40.1 Å². The summed E-state index contributed by atoms with van der Waals surface area (Å²) in [7, 11) is 1.57. The van der Waals surface area contributed by atoms with E-state index in [1.807, 2.05) is 18.2 Å². The monoisotopic (exact) mass is 443 g/mol. The van der Waals surface area contributed by atoms with Gasteiger partial charge in [0.1, 0.15) is 5.75 Å². The Hall–Kier alpha value is -4.59. The Bertz CT molecular complexity index is 1290. The molecule has 3 aromatic carbocycles. The van der Waals surface area contributed by atoms with Gasteiger partial charge in [0.05, 0.1) is 12.7 Å². The number of ether oxygens (including phenoxy) is 2. The van der Waals surface area contributed by atoms with Crippen molar-refractivity contribution in [2.75, 3.05) is 24.4 Å². The lowest BCUT2D eigenvalue weighted by atomic mass is 10.2. The van der Waals surface area contributed by atoms with Crippen LogP contribution >= 0.6 is 0 Å². The van der Waals surface area contributed by atoms with E-state index >= 15 is 0 Å². The number of methoxy groups -OCH3 is 1. The third-order valence-electron chi connectivity index (χ3n) is 4.92. The number of para-hydroxylation sites is 1. The number of aromatic amines is 1. The molecule has 0 aliphatic rings. The summed E-state index contributed by atoms with van der Waals surface area (Å²) >= 11 is 0. The number of carbonyl (C=O) groups is 3. The van der Waals surface area contributed by atoms with Gasteiger partial charge in [-0.1, -0.05) is 18.2 Å². The molecule has 166 valence electrons. The van der Waals surface area contributed by atoms with Crippen LogP contribution in [0.25, 0.3) is 10.9 Å². The van der Waals surface area contributed by atoms with Gasteiger partial charge in [0.2, 0.25) is 0 Å². The predicted octanol–water partition coefficient (Wildman–Crippen LogP) is 4.22. The predicted molar refractivity (Wildman–Crippen MR) is 125 cm³/mol. The fraction of sp³-hybridized carbons (Fsp3) is 0.0800. The Morgan fingerprint density at radius 1 is 0.848 bits per heavy atom. The first kappa shape index (κ1) is 21.6. The van der Waals surface area contributed by atoms with E-state index in [0.717, 1.165) is 10.9 Å². The lowest BCUT2D eigenvalue weighted by Crippen LogP contribution is -2.21. The molecule has 1 aromatic heterocycles.